The van der Waals surface area contributed by atoms with Crippen molar-refractivity contribution >= 4 is 0 Å². The number of rotatable bonds is 7. The quantitative estimate of drug-likeness (QED) is 0.185. The number of aromatic nitrogens is 6. The van der Waals surface area contributed by atoms with Crippen LogP contribution in [-0.2, 0) is 0 Å². The van der Waals surface area contributed by atoms with Crippen molar-refractivity contribution in [3.8, 4) is 67.8 Å². The van der Waals surface area contributed by atoms with Crippen molar-refractivity contribution in [2.45, 2.75) is 0 Å². The van der Waals surface area contributed by atoms with E-state index in [1.807, 2.05) is 73.3 Å². The van der Waals surface area contributed by atoms with Crippen LogP contribution in [0.25, 0.3) is 67.8 Å². The number of hydrogen-bond acceptors (Lipinski definition) is 4. The Morgan fingerprint density at radius 3 is 1.15 bits per heavy atom. The van der Waals surface area contributed by atoms with Gasteiger partial charge in [0.15, 0.2) is 0 Å². The molecule has 8 aromatic rings. The van der Waals surface area contributed by atoms with E-state index in [-0.39, 0.29) is 0 Å². The van der Waals surface area contributed by atoms with Crippen LogP contribution in [0.3, 0.4) is 0 Å². The van der Waals surface area contributed by atoms with E-state index in [0.29, 0.717) is 0 Å². The topological polar surface area (TPSA) is 61.4 Å². The van der Waals surface area contributed by atoms with Crippen LogP contribution in [0.1, 0.15) is 0 Å². The molecule has 0 amide bonds. The van der Waals surface area contributed by atoms with E-state index >= 15 is 0 Å². The second kappa shape index (κ2) is 11.9. The molecule has 0 bridgehead atoms. The molecule has 8 rings (SSSR count). The molecule has 2 aromatic carbocycles. The second-order valence-corrected chi connectivity index (χ2v) is 10.9. The fraction of sp³-hybridized carbons (Fsp3) is 0. The molecule has 46 heavy (non-hydrogen) atoms. The molecule has 6 aromatic heterocycles. The summed E-state index contributed by atoms with van der Waals surface area (Å²) in [7, 11) is 0. The van der Waals surface area contributed by atoms with Gasteiger partial charge in [-0.05, 0) is 108 Å². The van der Waals surface area contributed by atoms with E-state index in [2.05, 4.69) is 114 Å². The molecule has 0 saturated heterocycles. The largest absolute Gasteiger partial charge is 0.309 e. The summed E-state index contributed by atoms with van der Waals surface area (Å²) in [6, 6.07) is 46.0. The van der Waals surface area contributed by atoms with Gasteiger partial charge in [0.2, 0.25) is 0 Å². The summed E-state index contributed by atoms with van der Waals surface area (Å²) in [5, 5.41) is 0. The highest BCUT2D eigenvalue weighted by Gasteiger charge is 2.16. The molecule has 6 nitrogen and oxygen atoms in total. The smallest absolute Gasteiger partial charge is 0.0870 e. The van der Waals surface area contributed by atoms with Gasteiger partial charge in [0.25, 0.3) is 0 Å². The van der Waals surface area contributed by atoms with E-state index in [4.69, 9.17) is 0 Å². The zero-order chi connectivity index (χ0) is 30.7. The molecule has 0 spiro atoms. The molecule has 0 unspecified atom stereocenters. The van der Waals surface area contributed by atoms with Crippen molar-refractivity contribution in [1.29, 1.82) is 0 Å². The first kappa shape index (κ1) is 27.2. The Balaban J connectivity index is 1.16. The lowest BCUT2D eigenvalue weighted by Crippen LogP contribution is -2.01. The predicted octanol–water partition coefficient (Wildman–Crippen LogP) is 9.18. The van der Waals surface area contributed by atoms with E-state index in [9.17, 15) is 0 Å². The van der Waals surface area contributed by atoms with Gasteiger partial charge in [0.05, 0.1) is 34.2 Å². The van der Waals surface area contributed by atoms with Crippen LogP contribution in [0.15, 0.2) is 171 Å². The van der Waals surface area contributed by atoms with Gasteiger partial charge >= 0.3 is 0 Å². The Kier molecular flexibility index (Phi) is 7.05. The zero-order valence-electron chi connectivity index (χ0n) is 24.8. The van der Waals surface area contributed by atoms with E-state index in [0.717, 1.165) is 67.8 Å². The third-order valence-corrected chi connectivity index (χ3v) is 8.12. The highest BCUT2D eigenvalue weighted by molar-refractivity contribution is 5.75. The molecule has 0 atom stereocenters. The molecule has 0 saturated carbocycles. The Labute approximate surface area is 267 Å². The minimum Gasteiger partial charge on any atom is -0.309 e. The molecular formula is C40H28N6. The average molecular weight is 593 g/mol. The monoisotopic (exact) mass is 592 g/mol. The lowest BCUT2D eigenvalue weighted by molar-refractivity contribution is 1.07. The van der Waals surface area contributed by atoms with E-state index in [1.54, 1.807) is 12.4 Å². The first-order chi connectivity index (χ1) is 22.8. The van der Waals surface area contributed by atoms with Crippen molar-refractivity contribution in [3.05, 3.63) is 171 Å². The van der Waals surface area contributed by atoms with Crippen LogP contribution in [0.5, 0.6) is 0 Å². The van der Waals surface area contributed by atoms with Gasteiger partial charge in [-0.15, -0.1) is 0 Å². The normalized spacial score (nSPS) is 11.0. The minimum atomic E-state index is 0.908. The molecule has 218 valence electrons. The first-order valence-corrected chi connectivity index (χ1v) is 15.1. The number of hydrogen-bond donors (Lipinski definition) is 0. The second-order valence-electron chi connectivity index (χ2n) is 10.9. The third-order valence-electron chi connectivity index (χ3n) is 8.12. The minimum absolute atomic E-state index is 0.908. The molecule has 0 aliphatic carbocycles. The summed E-state index contributed by atoms with van der Waals surface area (Å²) in [6.07, 6.45) is 11.1. The summed E-state index contributed by atoms with van der Waals surface area (Å²) in [5.41, 5.74) is 12.5. The van der Waals surface area contributed by atoms with Crippen molar-refractivity contribution in [3.63, 3.8) is 0 Å². The summed E-state index contributed by atoms with van der Waals surface area (Å²) in [4.78, 5) is 18.0. The van der Waals surface area contributed by atoms with E-state index in [1.165, 1.54) is 0 Å². The SMILES string of the molecule is c1ccc(-c2ccc(-c3ccccn3)n2-c2ccc(-c3ccc(-n4c(-c5cccnc5)ccc4-c4cccnc4)cc3)cc2)nc1. The molecule has 6 heteroatoms. The van der Waals surface area contributed by atoms with Gasteiger partial charge in [-0.2, -0.15) is 0 Å². The molecule has 0 aliphatic heterocycles. The maximum absolute atomic E-state index is 4.64. The fourth-order valence-electron chi connectivity index (χ4n) is 5.94. The Bertz CT molecular complexity index is 1930. The van der Waals surface area contributed by atoms with Crippen LogP contribution in [0, 0.1) is 0 Å². The Hall–Kier alpha value is -6.40. The number of nitrogens with zero attached hydrogens (tertiary/aromatic N) is 6. The fourth-order valence-corrected chi connectivity index (χ4v) is 5.94. The van der Waals surface area contributed by atoms with Crippen LogP contribution >= 0.6 is 0 Å². The van der Waals surface area contributed by atoms with Crippen molar-refractivity contribution in [1.82, 2.24) is 29.1 Å². The van der Waals surface area contributed by atoms with Gasteiger partial charge in [-0.1, -0.05) is 36.4 Å². The maximum Gasteiger partial charge on any atom is 0.0870 e. The lowest BCUT2D eigenvalue weighted by atomic mass is 10.0. The zero-order valence-corrected chi connectivity index (χ0v) is 24.8. The summed E-state index contributed by atoms with van der Waals surface area (Å²) < 4.78 is 4.49. The number of pyridine rings is 4. The lowest BCUT2D eigenvalue weighted by Gasteiger charge is -2.16. The summed E-state index contributed by atoms with van der Waals surface area (Å²) in [5.74, 6) is 0. The van der Waals surface area contributed by atoms with Crippen LogP contribution < -0.4 is 0 Å². The molecule has 0 fully saturated rings. The predicted molar refractivity (Wildman–Crippen MR) is 183 cm³/mol. The maximum atomic E-state index is 4.64. The average Bonchev–Trinajstić information content (AvgIpc) is 3.79. The molecular weight excluding hydrogens is 564 g/mol. The Morgan fingerprint density at radius 2 is 0.761 bits per heavy atom. The summed E-state index contributed by atoms with van der Waals surface area (Å²) >= 11 is 0. The van der Waals surface area contributed by atoms with Crippen LogP contribution in [0.4, 0.5) is 0 Å². The third kappa shape index (κ3) is 5.08. The Morgan fingerprint density at radius 1 is 0.326 bits per heavy atom. The van der Waals surface area contributed by atoms with Crippen LogP contribution in [-0.4, -0.2) is 29.1 Å². The van der Waals surface area contributed by atoms with Crippen molar-refractivity contribution in [2.75, 3.05) is 0 Å². The number of benzene rings is 2. The molecule has 6 heterocycles. The van der Waals surface area contributed by atoms with Crippen molar-refractivity contribution in [2.24, 2.45) is 0 Å². The van der Waals surface area contributed by atoms with E-state index < -0.39 is 0 Å². The highest BCUT2D eigenvalue weighted by Crippen LogP contribution is 2.34. The van der Waals surface area contributed by atoms with Gasteiger partial charge in [0, 0.05) is 59.7 Å². The van der Waals surface area contributed by atoms with Gasteiger partial charge in [-0.25, -0.2) is 0 Å². The summed E-state index contributed by atoms with van der Waals surface area (Å²) in [6.45, 7) is 0. The first-order valence-electron chi connectivity index (χ1n) is 15.1. The van der Waals surface area contributed by atoms with Gasteiger partial charge in [0.1, 0.15) is 0 Å². The molecule has 0 radical (unpaired) electrons. The van der Waals surface area contributed by atoms with Crippen molar-refractivity contribution < 1.29 is 0 Å². The van der Waals surface area contributed by atoms with Crippen LogP contribution in [0.2, 0.25) is 0 Å². The van der Waals surface area contributed by atoms with Gasteiger partial charge < -0.3 is 9.13 Å². The highest BCUT2D eigenvalue weighted by atomic mass is 15.0. The molecule has 0 aliphatic rings. The standard InChI is InChI=1S/C40H28N6/c1-3-25-43-35(9-1)39-21-22-40(36-10-2-4-26-44-36)46(39)34-17-13-30(14-18-34)29-11-15-33(16-12-29)45-37(31-7-5-23-41-27-31)19-20-38(45)32-8-6-24-42-28-32/h1-28H. The molecule has 0 N–H and O–H groups in total. The van der Waals surface area contributed by atoms with Gasteiger partial charge in [-0.3, -0.25) is 19.9 Å².